The number of hydrogen-bond donors (Lipinski definition) is 1. The number of hydrogen-bond acceptors (Lipinski definition) is 7. The molecule has 0 spiro atoms. The summed E-state index contributed by atoms with van der Waals surface area (Å²) >= 11 is 2.86. The van der Waals surface area contributed by atoms with Crippen molar-refractivity contribution in [1.82, 2.24) is 19.7 Å². The summed E-state index contributed by atoms with van der Waals surface area (Å²) in [4.78, 5) is 17.6. The first-order valence-electron chi connectivity index (χ1n) is 7.71. The van der Waals surface area contributed by atoms with Crippen LogP contribution >= 0.6 is 23.1 Å². The van der Waals surface area contributed by atoms with Gasteiger partial charge in [0.05, 0.1) is 18.1 Å². The topological polar surface area (TPSA) is 81.9 Å². The first kappa shape index (κ1) is 18.9. The number of aryl methyl sites for hydroxylation is 2. The van der Waals surface area contributed by atoms with E-state index in [1.54, 1.807) is 7.11 Å². The molecule has 24 heavy (non-hydrogen) atoms. The molecule has 2 rings (SSSR count). The smallest absolute Gasteiger partial charge is 0.236 e. The van der Waals surface area contributed by atoms with Crippen LogP contribution in [0.15, 0.2) is 5.16 Å². The van der Waals surface area contributed by atoms with E-state index in [0.29, 0.717) is 18.3 Å². The molecule has 0 unspecified atom stereocenters. The van der Waals surface area contributed by atoms with Crippen LogP contribution in [0.25, 0.3) is 0 Å². The Bertz CT molecular complexity index is 677. The van der Waals surface area contributed by atoms with E-state index in [2.05, 4.69) is 34.3 Å². The average Bonchev–Trinajstić information content (AvgIpc) is 3.06. The summed E-state index contributed by atoms with van der Waals surface area (Å²) in [6.07, 6.45) is 0. The Morgan fingerprint density at radius 3 is 2.71 bits per heavy atom. The molecular formula is C15H23N5O2S2. The van der Waals surface area contributed by atoms with Gasteiger partial charge in [-0.1, -0.05) is 25.6 Å². The fourth-order valence-electron chi connectivity index (χ4n) is 2.04. The number of carbonyl (C=O) groups is 1. The quantitative estimate of drug-likeness (QED) is 0.721. The lowest BCUT2D eigenvalue weighted by molar-refractivity contribution is -0.113. The second kappa shape index (κ2) is 8.59. The Kier molecular flexibility index (Phi) is 6.76. The molecule has 9 heteroatoms. The zero-order valence-electron chi connectivity index (χ0n) is 14.6. The second-order valence-electron chi connectivity index (χ2n) is 5.64. The number of ether oxygens (including phenoxy) is 1. The summed E-state index contributed by atoms with van der Waals surface area (Å²) in [5, 5.41) is 12.7. The number of aromatic nitrogens is 4. The van der Waals surface area contributed by atoms with Crippen LogP contribution < -0.4 is 5.32 Å². The van der Waals surface area contributed by atoms with Crippen LogP contribution in [-0.2, 0) is 16.1 Å². The Hall–Kier alpha value is -1.45. The van der Waals surface area contributed by atoms with Gasteiger partial charge < -0.3 is 14.6 Å². The highest BCUT2D eigenvalue weighted by Crippen LogP contribution is 2.23. The highest BCUT2D eigenvalue weighted by molar-refractivity contribution is 7.99. The lowest BCUT2D eigenvalue weighted by Crippen LogP contribution is -2.15. The minimum Gasteiger partial charge on any atom is -0.383 e. The van der Waals surface area contributed by atoms with Gasteiger partial charge in [-0.15, -0.1) is 21.5 Å². The summed E-state index contributed by atoms with van der Waals surface area (Å²) in [6, 6.07) is 0. The Morgan fingerprint density at radius 1 is 1.38 bits per heavy atom. The number of rotatable bonds is 8. The van der Waals surface area contributed by atoms with Crippen molar-refractivity contribution >= 4 is 34.1 Å². The third kappa shape index (κ3) is 4.78. The maximum Gasteiger partial charge on any atom is 0.236 e. The van der Waals surface area contributed by atoms with Crippen LogP contribution in [0.3, 0.4) is 0 Å². The van der Waals surface area contributed by atoms with Crippen molar-refractivity contribution in [3.63, 3.8) is 0 Å². The van der Waals surface area contributed by atoms with E-state index in [1.165, 1.54) is 23.1 Å². The fraction of sp³-hybridized carbons (Fsp3) is 0.600. The molecule has 0 aliphatic heterocycles. The molecule has 0 saturated heterocycles. The normalized spacial score (nSPS) is 11.2. The maximum atomic E-state index is 12.1. The molecule has 0 radical (unpaired) electrons. The van der Waals surface area contributed by atoms with Gasteiger partial charge in [-0.2, -0.15) is 0 Å². The number of carbonyl (C=O) groups excluding carboxylic acids is 1. The molecule has 0 fully saturated rings. The molecule has 0 bridgehead atoms. The summed E-state index contributed by atoms with van der Waals surface area (Å²) in [5.74, 6) is 1.34. The van der Waals surface area contributed by atoms with Crippen molar-refractivity contribution in [1.29, 1.82) is 0 Å². The largest absolute Gasteiger partial charge is 0.383 e. The van der Waals surface area contributed by atoms with Gasteiger partial charge in [0.2, 0.25) is 5.91 Å². The Balaban J connectivity index is 1.98. The number of amides is 1. The van der Waals surface area contributed by atoms with E-state index in [4.69, 9.17) is 4.74 Å². The third-order valence-electron chi connectivity index (χ3n) is 3.39. The zero-order valence-corrected chi connectivity index (χ0v) is 16.3. The summed E-state index contributed by atoms with van der Waals surface area (Å²) in [6.45, 7) is 9.31. The lowest BCUT2D eigenvalue weighted by atomic mass is 10.2. The third-order valence-corrected chi connectivity index (χ3v) is 5.34. The van der Waals surface area contributed by atoms with Crippen LogP contribution in [0.1, 0.15) is 36.2 Å². The Morgan fingerprint density at radius 2 is 2.12 bits per heavy atom. The molecule has 7 nitrogen and oxygen atoms in total. The van der Waals surface area contributed by atoms with Crippen molar-refractivity contribution < 1.29 is 9.53 Å². The maximum absolute atomic E-state index is 12.1. The first-order chi connectivity index (χ1) is 11.4. The number of nitrogens with one attached hydrogen (secondary N) is 1. The molecule has 2 aromatic rings. The van der Waals surface area contributed by atoms with Gasteiger partial charge >= 0.3 is 0 Å². The van der Waals surface area contributed by atoms with Crippen molar-refractivity contribution in [2.45, 2.75) is 45.3 Å². The molecule has 1 amide bonds. The van der Waals surface area contributed by atoms with E-state index in [1.807, 2.05) is 18.4 Å². The summed E-state index contributed by atoms with van der Waals surface area (Å²) in [7, 11) is 1.66. The van der Waals surface area contributed by atoms with Crippen LogP contribution in [0.4, 0.5) is 5.13 Å². The second-order valence-corrected chi connectivity index (χ2v) is 7.78. The molecule has 132 valence electrons. The number of nitrogens with zero attached hydrogens (tertiary/aromatic N) is 4. The molecule has 0 atom stereocenters. The van der Waals surface area contributed by atoms with Gasteiger partial charge in [-0.05, 0) is 13.8 Å². The van der Waals surface area contributed by atoms with E-state index < -0.39 is 0 Å². The van der Waals surface area contributed by atoms with Gasteiger partial charge in [0, 0.05) is 24.4 Å². The van der Waals surface area contributed by atoms with E-state index in [9.17, 15) is 4.79 Å². The standard InChI is InChI=1S/C15H23N5O2S2/c1-9(2)13-18-19-15(20(13)6-7-22-5)23-8-12(21)17-14-16-10(3)11(4)24-14/h9H,6-8H2,1-5H3,(H,16,17,21). The average molecular weight is 370 g/mol. The van der Waals surface area contributed by atoms with Gasteiger partial charge in [0.15, 0.2) is 10.3 Å². The van der Waals surface area contributed by atoms with Gasteiger partial charge in [-0.25, -0.2) is 4.98 Å². The lowest BCUT2D eigenvalue weighted by Gasteiger charge is -2.11. The molecular weight excluding hydrogens is 346 g/mol. The molecule has 1 N–H and O–H groups in total. The number of anilines is 1. The summed E-state index contributed by atoms with van der Waals surface area (Å²) in [5.41, 5.74) is 0.948. The van der Waals surface area contributed by atoms with Crippen molar-refractivity contribution in [2.24, 2.45) is 0 Å². The molecule has 0 aliphatic rings. The SMILES string of the molecule is COCCn1c(SCC(=O)Nc2nc(C)c(C)s2)nnc1C(C)C. The van der Waals surface area contributed by atoms with E-state index in [0.717, 1.165) is 21.6 Å². The number of methoxy groups -OCH3 is 1. The van der Waals surface area contributed by atoms with Crippen LogP contribution in [0, 0.1) is 13.8 Å². The molecule has 0 aromatic carbocycles. The minimum atomic E-state index is -0.0962. The predicted octanol–water partition coefficient (Wildman–Crippen LogP) is 2.85. The number of thioether (sulfide) groups is 1. The highest BCUT2D eigenvalue weighted by Gasteiger charge is 2.16. The monoisotopic (exact) mass is 369 g/mol. The van der Waals surface area contributed by atoms with Gasteiger partial charge in [0.25, 0.3) is 0 Å². The van der Waals surface area contributed by atoms with Crippen LogP contribution in [0.5, 0.6) is 0 Å². The minimum absolute atomic E-state index is 0.0962. The van der Waals surface area contributed by atoms with Crippen molar-refractivity contribution in [2.75, 3.05) is 24.8 Å². The molecule has 2 aromatic heterocycles. The van der Waals surface area contributed by atoms with E-state index >= 15 is 0 Å². The van der Waals surface area contributed by atoms with Gasteiger partial charge in [-0.3, -0.25) is 4.79 Å². The van der Waals surface area contributed by atoms with Crippen molar-refractivity contribution in [3.8, 4) is 0 Å². The van der Waals surface area contributed by atoms with Gasteiger partial charge in [0.1, 0.15) is 5.82 Å². The number of thiazole rings is 1. The molecule has 0 saturated carbocycles. The highest BCUT2D eigenvalue weighted by atomic mass is 32.2. The fourth-order valence-corrected chi connectivity index (χ4v) is 3.64. The Labute approximate surface area is 150 Å². The van der Waals surface area contributed by atoms with Crippen LogP contribution in [-0.4, -0.2) is 45.1 Å². The predicted molar refractivity (Wildman–Crippen MR) is 96.9 cm³/mol. The molecule has 2 heterocycles. The zero-order chi connectivity index (χ0) is 17.7. The van der Waals surface area contributed by atoms with Crippen LogP contribution in [0.2, 0.25) is 0 Å². The van der Waals surface area contributed by atoms with E-state index in [-0.39, 0.29) is 17.6 Å². The summed E-state index contributed by atoms with van der Waals surface area (Å²) < 4.78 is 7.17. The molecule has 0 aliphatic carbocycles. The van der Waals surface area contributed by atoms with Crippen molar-refractivity contribution in [3.05, 3.63) is 16.4 Å². The first-order valence-corrected chi connectivity index (χ1v) is 9.51.